The van der Waals surface area contributed by atoms with Gasteiger partial charge < -0.3 is 0 Å². The monoisotopic (exact) mass is 514 g/mol. The second-order valence-electron chi connectivity index (χ2n) is 10.2. The van der Waals surface area contributed by atoms with Crippen molar-refractivity contribution in [2.75, 3.05) is 0 Å². The third-order valence-electron chi connectivity index (χ3n) is 8.29. The molecule has 0 spiro atoms. The van der Waals surface area contributed by atoms with Gasteiger partial charge in [-0.25, -0.2) is 28.7 Å². The summed E-state index contributed by atoms with van der Waals surface area (Å²) in [5.74, 6) is 0. The summed E-state index contributed by atoms with van der Waals surface area (Å²) in [6.07, 6.45) is 3.35. The van der Waals surface area contributed by atoms with Gasteiger partial charge in [0, 0.05) is 33.9 Å². The molecule has 40 heavy (non-hydrogen) atoms. The van der Waals surface area contributed by atoms with Gasteiger partial charge in [0.25, 0.3) is 11.1 Å². The molecule has 6 aromatic heterocycles. The zero-order valence-corrected chi connectivity index (χ0v) is 20.6. The number of benzene rings is 4. The van der Waals surface area contributed by atoms with Crippen LogP contribution in [0, 0.1) is 0 Å². The molecular formula is C32H14N6O2. The van der Waals surface area contributed by atoms with E-state index in [0.717, 1.165) is 43.1 Å². The predicted molar refractivity (Wildman–Crippen MR) is 157 cm³/mol. The topological polar surface area (TPSA) is 94.5 Å². The highest BCUT2D eigenvalue weighted by atomic mass is 16.1. The summed E-state index contributed by atoms with van der Waals surface area (Å²) in [6, 6.07) is 23.1. The molecule has 0 atom stereocenters. The van der Waals surface area contributed by atoms with Crippen molar-refractivity contribution in [1.82, 2.24) is 28.7 Å². The van der Waals surface area contributed by atoms with E-state index in [2.05, 4.69) is 9.97 Å². The second-order valence-corrected chi connectivity index (χ2v) is 10.2. The van der Waals surface area contributed by atoms with Crippen LogP contribution in [0.1, 0.15) is 0 Å². The molecule has 0 aliphatic carbocycles. The van der Waals surface area contributed by atoms with Crippen molar-refractivity contribution in [3.63, 3.8) is 0 Å². The number of aromatic nitrogens is 6. The van der Waals surface area contributed by atoms with E-state index in [1.165, 1.54) is 0 Å². The lowest BCUT2D eigenvalue weighted by molar-refractivity contribution is 1.15. The molecule has 10 rings (SSSR count). The first-order valence-corrected chi connectivity index (χ1v) is 12.9. The highest BCUT2D eigenvalue weighted by Crippen LogP contribution is 2.45. The van der Waals surface area contributed by atoms with Crippen LogP contribution in [-0.4, -0.2) is 28.7 Å². The zero-order chi connectivity index (χ0) is 26.3. The first kappa shape index (κ1) is 20.2. The molecule has 0 N–H and O–H groups in total. The predicted octanol–water partition coefficient (Wildman–Crippen LogP) is 5.44. The molecule has 0 aliphatic rings. The fraction of sp³-hybridized carbons (Fsp3) is 0. The minimum atomic E-state index is -0.208. The van der Waals surface area contributed by atoms with Crippen LogP contribution in [0.2, 0.25) is 0 Å². The summed E-state index contributed by atoms with van der Waals surface area (Å²) in [5, 5.41) is 7.49. The lowest BCUT2D eigenvalue weighted by atomic mass is 9.87. The Morgan fingerprint density at radius 3 is 1.25 bits per heavy atom. The number of imidazole rings is 2. The molecule has 184 valence electrons. The second kappa shape index (κ2) is 6.62. The minimum absolute atomic E-state index is 0.208. The van der Waals surface area contributed by atoms with Crippen molar-refractivity contribution in [3.05, 3.63) is 106 Å². The van der Waals surface area contributed by atoms with E-state index in [1.807, 2.05) is 72.8 Å². The summed E-state index contributed by atoms with van der Waals surface area (Å²) < 4.78 is 3.24. The highest BCUT2D eigenvalue weighted by molar-refractivity contribution is 6.43. The molecule has 10 aromatic rings. The molecular weight excluding hydrogens is 500 g/mol. The van der Waals surface area contributed by atoms with Gasteiger partial charge >= 0.3 is 0 Å². The molecule has 0 aliphatic heterocycles. The molecule has 0 amide bonds. The molecule has 8 nitrogen and oxygen atoms in total. The Morgan fingerprint density at radius 2 is 0.825 bits per heavy atom. The van der Waals surface area contributed by atoms with Gasteiger partial charge in [0.15, 0.2) is 22.6 Å². The van der Waals surface area contributed by atoms with Crippen LogP contribution in [-0.2, 0) is 0 Å². The molecule has 4 aromatic carbocycles. The van der Waals surface area contributed by atoms with E-state index in [1.54, 1.807) is 21.2 Å². The Balaban J connectivity index is 1.72. The van der Waals surface area contributed by atoms with Crippen LogP contribution >= 0.6 is 0 Å². The summed E-state index contributed by atoms with van der Waals surface area (Å²) in [6.45, 7) is 0. The van der Waals surface area contributed by atoms with Gasteiger partial charge in [0.2, 0.25) is 0 Å². The van der Waals surface area contributed by atoms with E-state index in [4.69, 9.17) is 9.97 Å². The van der Waals surface area contributed by atoms with Crippen molar-refractivity contribution in [2.24, 2.45) is 0 Å². The van der Waals surface area contributed by atoms with Crippen LogP contribution in [0.5, 0.6) is 0 Å². The lowest BCUT2D eigenvalue weighted by Crippen LogP contribution is -2.18. The van der Waals surface area contributed by atoms with Gasteiger partial charge in [-0.2, -0.15) is 0 Å². The van der Waals surface area contributed by atoms with E-state index in [0.29, 0.717) is 44.4 Å². The van der Waals surface area contributed by atoms with Gasteiger partial charge in [-0.15, -0.1) is 0 Å². The van der Waals surface area contributed by atoms with E-state index < -0.39 is 0 Å². The first-order valence-electron chi connectivity index (χ1n) is 12.9. The molecule has 6 heterocycles. The smallest absolute Gasteiger partial charge is 0.266 e. The molecule has 0 saturated heterocycles. The van der Waals surface area contributed by atoms with Gasteiger partial charge in [-0.05, 0) is 45.8 Å². The quantitative estimate of drug-likeness (QED) is 0.198. The van der Waals surface area contributed by atoms with Crippen molar-refractivity contribution in [1.29, 1.82) is 0 Å². The largest absolute Gasteiger partial charge is 0.268 e. The van der Waals surface area contributed by atoms with E-state index >= 15 is 0 Å². The first-order chi connectivity index (χ1) is 19.7. The maximum atomic E-state index is 14.5. The third kappa shape index (κ3) is 2.11. The van der Waals surface area contributed by atoms with E-state index in [-0.39, 0.29) is 11.1 Å². The van der Waals surface area contributed by atoms with Gasteiger partial charge in [-0.3, -0.25) is 9.59 Å². The summed E-state index contributed by atoms with van der Waals surface area (Å²) in [4.78, 5) is 47.9. The van der Waals surface area contributed by atoms with Crippen molar-refractivity contribution in [2.45, 2.75) is 0 Å². The number of nitrogens with zero attached hydrogens (tertiary/aromatic N) is 6. The number of rotatable bonds is 0. The third-order valence-corrected chi connectivity index (χ3v) is 8.29. The molecule has 0 radical (unpaired) electrons. The standard InChI is InChI=1S/C32H14N6O2/c39-31-23-17-9-3-4-10-18(17)24-26-22(30-36-20-12-6-14-34-28(20)38(30)32(24)40)16-8-2-1-7-15(16)21(25(23)26)29-35-19-11-5-13-33-27(19)37(29)31/h1-14H. The van der Waals surface area contributed by atoms with Crippen molar-refractivity contribution in [3.8, 4) is 0 Å². The average molecular weight is 515 g/mol. The van der Waals surface area contributed by atoms with Crippen molar-refractivity contribution >= 4 is 87.5 Å². The number of pyridine rings is 4. The Bertz CT molecular complexity index is 2670. The Labute approximate surface area is 222 Å². The van der Waals surface area contributed by atoms with Gasteiger partial charge in [-0.1, -0.05) is 48.5 Å². The normalized spacial score (nSPS) is 12.7. The molecule has 8 heteroatoms. The fourth-order valence-electron chi connectivity index (χ4n) is 6.80. The Hall–Kier alpha value is -5.76. The fourth-order valence-corrected chi connectivity index (χ4v) is 6.80. The Kier molecular flexibility index (Phi) is 3.35. The van der Waals surface area contributed by atoms with Crippen LogP contribution < -0.4 is 11.1 Å². The summed E-state index contributed by atoms with van der Waals surface area (Å²) in [7, 11) is 0. The zero-order valence-electron chi connectivity index (χ0n) is 20.6. The number of fused-ring (bicyclic) bond motifs is 14. The molecule has 0 unspecified atom stereocenters. The molecule has 0 saturated carbocycles. The van der Waals surface area contributed by atoms with Gasteiger partial charge in [0.05, 0.1) is 10.8 Å². The van der Waals surface area contributed by atoms with E-state index in [9.17, 15) is 9.59 Å². The summed E-state index contributed by atoms with van der Waals surface area (Å²) >= 11 is 0. The maximum Gasteiger partial charge on any atom is 0.266 e. The number of hydrogen-bond acceptors (Lipinski definition) is 6. The molecule has 0 fully saturated rings. The maximum absolute atomic E-state index is 14.5. The molecule has 0 bridgehead atoms. The highest BCUT2D eigenvalue weighted by Gasteiger charge is 2.28. The summed E-state index contributed by atoms with van der Waals surface area (Å²) in [5.41, 5.74) is 2.95. The van der Waals surface area contributed by atoms with Crippen LogP contribution in [0.25, 0.3) is 87.5 Å². The number of hydrogen-bond donors (Lipinski definition) is 0. The van der Waals surface area contributed by atoms with Crippen LogP contribution in [0.3, 0.4) is 0 Å². The minimum Gasteiger partial charge on any atom is -0.268 e. The average Bonchev–Trinajstić information content (AvgIpc) is 3.57. The van der Waals surface area contributed by atoms with Crippen molar-refractivity contribution < 1.29 is 0 Å². The Morgan fingerprint density at radius 1 is 0.425 bits per heavy atom. The van der Waals surface area contributed by atoms with Crippen LogP contribution in [0.15, 0.2) is 94.8 Å². The SMILES string of the molecule is O=c1c2c3ccccc3c3c(=O)n4c5ncccc5nc4c4c5ccccc5c(c2c34)c2nc3cccnc3n12. The van der Waals surface area contributed by atoms with Crippen LogP contribution in [0.4, 0.5) is 0 Å². The lowest BCUT2D eigenvalue weighted by Gasteiger charge is -2.17. The van der Waals surface area contributed by atoms with Gasteiger partial charge in [0.1, 0.15) is 11.0 Å².